The van der Waals surface area contributed by atoms with Crippen LogP contribution in [0.2, 0.25) is 0 Å². The lowest BCUT2D eigenvalue weighted by molar-refractivity contribution is -0.497. The number of sulfonamides is 1. The predicted molar refractivity (Wildman–Crippen MR) is 85.7 cm³/mol. The van der Waals surface area contributed by atoms with Crippen LogP contribution in [0.3, 0.4) is 0 Å². The predicted octanol–water partition coefficient (Wildman–Crippen LogP) is 1.20. The van der Waals surface area contributed by atoms with Gasteiger partial charge in [0.2, 0.25) is 22.0 Å². The Morgan fingerprint density at radius 1 is 1.19 bits per heavy atom. The van der Waals surface area contributed by atoms with Crippen molar-refractivity contribution in [3.8, 4) is 0 Å². The van der Waals surface area contributed by atoms with Crippen LogP contribution in [0, 0.1) is 16.0 Å². The van der Waals surface area contributed by atoms with E-state index in [9.17, 15) is 36.5 Å². The summed E-state index contributed by atoms with van der Waals surface area (Å²) in [6.07, 6.45) is -4.48. The summed E-state index contributed by atoms with van der Waals surface area (Å²) in [4.78, 5) is 23.2. The van der Waals surface area contributed by atoms with Gasteiger partial charge in [0.1, 0.15) is 5.92 Å². The Balaban J connectivity index is 1.67. The van der Waals surface area contributed by atoms with E-state index < -0.39 is 43.5 Å². The summed E-state index contributed by atoms with van der Waals surface area (Å²) < 4.78 is 64.6. The minimum absolute atomic E-state index is 0.0396. The SMILES string of the molecule is O=C(C1CC1[N+](=O)[O-])N1CCN(S(=O)(=O)c2cccc(C(F)(F)F)c2)CC1. The number of nitro groups is 1. The Labute approximate surface area is 152 Å². The van der Waals surface area contributed by atoms with E-state index in [1.54, 1.807) is 0 Å². The summed E-state index contributed by atoms with van der Waals surface area (Å²) >= 11 is 0. The number of carbonyl (C=O) groups is 1. The van der Waals surface area contributed by atoms with Crippen LogP contribution in [0.5, 0.6) is 0 Å². The van der Waals surface area contributed by atoms with Crippen LogP contribution in [-0.4, -0.2) is 60.7 Å². The molecule has 3 rings (SSSR count). The van der Waals surface area contributed by atoms with Crippen LogP contribution in [0.4, 0.5) is 13.2 Å². The summed E-state index contributed by atoms with van der Waals surface area (Å²) in [6.45, 7) is -0.0870. The van der Waals surface area contributed by atoms with Crippen LogP contribution in [0.25, 0.3) is 0 Å². The molecule has 2 unspecified atom stereocenters. The first kappa shape index (κ1) is 19.5. The summed E-state index contributed by atoms with van der Waals surface area (Å²) in [6, 6.07) is 2.61. The summed E-state index contributed by atoms with van der Waals surface area (Å²) in [5, 5.41) is 10.7. The lowest BCUT2D eigenvalue weighted by Gasteiger charge is -2.34. The number of amides is 1. The monoisotopic (exact) mass is 407 g/mol. The van der Waals surface area contributed by atoms with Gasteiger partial charge in [-0.3, -0.25) is 14.9 Å². The molecule has 12 heteroatoms. The third-order valence-corrected chi connectivity index (χ3v) is 6.59. The number of halogens is 3. The molecule has 1 aliphatic carbocycles. The van der Waals surface area contributed by atoms with E-state index in [0.717, 1.165) is 22.5 Å². The van der Waals surface area contributed by atoms with Gasteiger partial charge in [0, 0.05) is 37.5 Å². The fourth-order valence-corrected chi connectivity index (χ4v) is 4.51. The van der Waals surface area contributed by atoms with Crippen molar-refractivity contribution in [2.75, 3.05) is 26.2 Å². The highest BCUT2D eigenvalue weighted by Gasteiger charge is 2.54. The highest BCUT2D eigenvalue weighted by Crippen LogP contribution is 2.35. The van der Waals surface area contributed by atoms with Crippen LogP contribution in [-0.2, 0) is 21.0 Å². The largest absolute Gasteiger partial charge is 0.416 e. The third-order valence-electron chi connectivity index (χ3n) is 4.69. The minimum atomic E-state index is -4.66. The van der Waals surface area contributed by atoms with Gasteiger partial charge in [0.15, 0.2) is 0 Å². The summed E-state index contributed by atoms with van der Waals surface area (Å²) in [7, 11) is -4.14. The number of benzene rings is 1. The molecule has 1 amide bonds. The molecule has 2 aliphatic rings. The van der Waals surface area contributed by atoms with Crippen LogP contribution < -0.4 is 0 Å². The second-order valence-corrected chi connectivity index (χ2v) is 8.39. The molecule has 2 fully saturated rings. The third kappa shape index (κ3) is 3.90. The molecular formula is C15H16F3N3O5S. The van der Waals surface area contributed by atoms with Crippen LogP contribution in [0.1, 0.15) is 12.0 Å². The van der Waals surface area contributed by atoms with Gasteiger partial charge in [0.05, 0.1) is 10.5 Å². The molecule has 1 aromatic rings. The fraction of sp³-hybridized carbons (Fsp3) is 0.533. The van der Waals surface area contributed by atoms with E-state index in [2.05, 4.69) is 0 Å². The average Bonchev–Trinajstić information content (AvgIpc) is 3.41. The van der Waals surface area contributed by atoms with Gasteiger partial charge in [-0.25, -0.2) is 8.42 Å². The van der Waals surface area contributed by atoms with Crippen molar-refractivity contribution in [1.82, 2.24) is 9.21 Å². The normalized spacial score (nSPS) is 23.9. The van der Waals surface area contributed by atoms with E-state index in [1.807, 2.05) is 0 Å². The first-order chi connectivity index (χ1) is 12.5. The molecule has 1 aromatic carbocycles. The van der Waals surface area contributed by atoms with E-state index >= 15 is 0 Å². The number of alkyl halides is 3. The number of nitrogens with zero attached hydrogens (tertiary/aromatic N) is 3. The van der Waals surface area contributed by atoms with Crippen LogP contribution in [0.15, 0.2) is 29.2 Å². The number of hydrogen-bond acceptors (Lipinski definition) is 5. The van der Waals surface area contributed by atoms with Gasteiger partial charge in [-0.1, -0.05) is 6.07 Å². The molecule has 0 spiro atoms. The minimum Gasteiger partial charge on any atom is -0.340 e. The molecule has 0 bridgehead atoms. The molecule has 2 atom stereocenters. The first-order valence-corrected chi connectivity index (χ1v) is 9.55. The van der Waals surface area contributed by atoms with E-state index in [-0.39, 0.29) is 38.5 Å². The second kappa shape index (κ2) is 6.75. The molecule has 1 aliphatic heterocycles. The smallest absolute Gasteiger partial charge is 0.340 e. The van der Waals surface area contributed by atoms with Gasteiger partial charge < -0.3 is 4.90 Å². The molecule has 0 aromatic heterocycles. The van der Waals surface area contributed by atoms with Crippen molar-refractivity contribution >= 4 is 15.9 Å². The molecule has 1 heterocycles. The zero-order chi connectivity index (χ0) is 20.0. The highest BCUT2D eigenvalue weighted by atomic mass is 32.2. The van der Waals surface area contributed by atoms with Gasteiger partial charge in [-0.05, 0) is 18.2 Å². The second-order valence-electron chi connectivity index (χ2n) is 6.45. The zero-order valence-electron chi connectivity index (χ0n) is 13.9. The first-order valence-electron chi connectivity index (χ1n) is 8.11. The molecule has 0 N–H and O–H groups in total. The maximum atomic E-state index is 12.8. The van der Waals surface area contributed by atoms with Gasteiger partial charge in [0.25, 0.3) is 0 Å². The molecule has 8 nitrogen and oxygen atoms in total. The molecule has 1 saturated carbocycles. The topological polar surface area (TPSA) is 101 Å². The maximum absolute atomic E-state index is 12.8. The number of piperazine rings is 1. The summed E-state index contributed by atoms with van der Waals surface area (Å²) in [5.74, 6) is -1.06. The zero-order valence-corrected chi connectivity index (χ0v) is 14.7. The lowest BCUT2D eigenvalue weighted by atomic mass is 10.2. The Bertz CT molecular complexity index is 866. The number of rotatable bonds is 4. The average molecular weight is 407 g/mol. The fourth-order valence-electron chi connectivity index (χ4n) is 3.05. The Hall–Kier alpha value is -2.21. The number of carbonyl (C=O) groups excluding carboxylic acids is 1. The van der Waals surface area contributed by atoms with E-state index in [0.29, 0.717) is 6.07 Å². The quantitative estimate of drug-likeness (QED) is 0.552. The van der Waals surface area contributed by atoms with Crippen molar-refractivity contribution in [2.45, 2.75) is 23.5 Å². The Morgan fingerprint density at radius 2 is 1.81 bits per heavy atom. The van der Waals surface area contributed by atoms with Gasteiger partial charge >= 0.3 is 6.18 Å². The van der Waals surface area contributed by atoms with Crippen LogP contribution >= 0.6 is 0 Å². The highest BCUT2D eigenvalue weighted by molar-refractivity contribution is 7.89. The van der Waals surface area contributed by atoms with Crippen molar-refractivity contribution in [3.05, 3.63) is 39.9 Å². The van der Waals surface area contributed by atoms with E-state index in [4.69, 9.17) is 0 Å². The van der Waals surface area contributed by atoms with E-state index in [1.165, 1.54) is 4.90 Å². The standard InChI is InChI=1S/C15H16F3N3O5S/c16-15(17,18)10-2-1-3-11(8-10)27(25,26)20-6-4-19(5-7-20)14(22)12-9-13(12)21(23)24/h1-3,8,12-13H,4-7,9H2. The maximum Gasteiger partial charge on any atom is 0.416 e. The van der Waals surface area contributed by atoms with Crippen molar-refractivity contribution in [1.29, 1.82) is 0 Å². The summed E-state index contributed by atoms with van der Waals surface area (Å²) in [5.41, 5.74) is -1.06. The Kier molecular flexibility index (Phi) is 4.89. The van der Waals surface area contributed by atoms with Crippen molar-refractivity contribution < 1.29 is 31.3 Å². The lowest BCUT2D eigenvalue weighted by Crippen LogP contribution is -2.51. The van der Waals surface area contributed by atoms with Gasteiger partial charge in [-0.2, -0.15) is 17.5 Å². The molecule has 148 valence electrons. The molecular weight excluding hydrogens is 391 g/mol. The van der Waals surface area contributed by atoms with Crippen molar-refractivity contribution in [3.63, 3.8) is 0 Å². The van der Waals surface area contributed by atoms with Crippen molar-refractivity contribution in [2.24, 2.45) is 5.92 Å². The number of hydrogen-bond donors (Lipinski definition) is 0. The molecule has 27 heavy (non-hydrogen) atoms. The Morgan fingerprint density at radius 3 is 2.33 bits per heavy atom. The molecule has 1 saturated heterocycles. The molecule has 0 radical (unpaired) electrons. The van der Waals surface area contributed by atoms with Gasteiger partial charge in [-0.15, -0.1) is 0 Å².